The van der Waals surface area contributed by atoms with Gasteiger partial charge >= 0.3 is 12.1 Å². The van der Waals surface area contributed by atoms with E-state index in [0.717, 1.165) is 66.0 Å². The fraction of sp³-hybridized carbons (Fsp3) is 0.567. The van der Waals surface area contributed by atoms with E-state index >= 15 is 0 Å². The lowest BCUT2D eigenvalue weighted by molar-refractivity contribution is -0.164. The molecule has 1 atom stereocenters. The van der Waals surface area contributed by atoms with Gasteiger partial charge < -0.3 is 19.7 Å². The largest absolute Gasteiger partial charge is 0.425 e. The number of esters is 1. The van der Waals surface area contributed by atoms with Crippen LogP contribution in [0, 0.1) is 6.92 Å². The van der Waals surface area contributed by atoms with Gasteiger partial charge in [-0.05, 0) is 31.5 Å². The molecular formula is C30H42N4O4S. The van der Waals surface area contributed by atoms with Gasteiger partial charge in [-0.2, -0.15) is 0 Å². The van der Waals surface area contributed by atoms with Gasteiger partial charge in [0, 0.05) is 44.4 Å². The number of unbranched alkanes of at least 4 members (excludes halogenated alkanes) is 7. The topological polar surface area (TPSA) is 83.5 Å². The number of thiophene rings is 1. The van der Waals surface area contributed by atoms with Crippen LogP contribution in [-0.2, 0) is 14.3 Å². The number of anilines is 1. The molecular weight excluding hydrogens is 512 g/mol. The summed E-state index contributed by atoms with van der Waals surface area (Å²) in [4.78, 5) is 36.1. The SMILES string of the molecule is CCCCCCCCCCC(=O)OC(C)OC(=O)N1C(N2CCNCC2)=c2cc(C)sc2=Nc2ccccc21. The fourth-order valence-corrected chi connectivity index (χ4v) is 5.96. The Labute approximate surface area is 235 Å². The first-order valence-electron chi connectivity index (χ1n) is 14.4. The fourth-order valence-electron chi connectivity index (χ4n) is 5.08. The molecule has 1 saturated heterocycles. The van der Waals surface area contributed by atoms with Crippen molar-refractivity contribution in [2.75, 3.05) is 31.1 Å². The second kappa shape index (κ2) is 14.5. The molecule has 1 fully saturated rings. The van der Waals surface area contributed by atoms with Crippen LogP contribution in [-0.4, -0.2) is 49.4 Å². The van der Waals surface area contributed by atoms with Crippen molar-refractivity contribution in [2.24, 2.45) is 4.99 Å². The molecule has 3 heterocycles. The molecule has 1 amide bonds. The molecule has 2 aliphatic rings. The number of ether oxygens (including phenoxy) is 2. The second-order valence-electron chi connectivity index (χ2n) is 10.2. The summed E-state index contributed by atoms with van der Waals surface area (Å²) in [6.07, 6.45) is 7.98. The number of piperazine rings is 1. The van der Waals surface area contributed by atoms with E-state index in [1.807, 2.05) is 31.2 Å². The normalized spacial score (nSPS) is 15.6. The highest BCUT2D eigenvalue weighted by Gasteiger charge is 2.32. The summed E-state index contributed by atoms with van der Waals surface area (Å²) in [5, 5.41) is 4.29. The minimum Gasteiger partial charge on any atom is -0.425 e. The molecule has 2 aliphatic heterocycles. The first-order valence-corrected chi connectivity index (χ1v) is 15.2. The van der Waals surface area contributed by atoms with Crippen molar-refractivity contribution in [3.8, 4) is 0 Å². The summed E-state index contributed by atoms with van der Waals surface area (Å²) in [5.74, 6) is 0.418. The van der Waals surface area contributed by atoms with Gasteiger partial charge in [0.25, 0.3) is 0 Å². The first kappa shape index (κ1) is 29.1. The Balaban J connectivity index is 1.45. The molecule has 1 N–H and O–H groups in total. The summed E-state index contributed by atoms with van der Waals surface area (Å²) >= 11 is 1.61. The molecule has 8 nitrogen and oxygen atoms in total. The number of hydrogen-bond donors (Lipinski definition) is 1. The van der Waals surface area contributed by atoms with Gasteiger partial charge in [0.2, 0.25) is 6.29 Å². The Morgan fingerprint density at radius 3 is 2.46 bits per heavy atom. The standard InChI is InChI=1S/C30H42N4O4S/c1-4-5-6-7-8-9-10-11-16-27(35)37-23(3)38-30(36)34-26-15-13-12-14-25(26)32-28-24(21-22(2)39-28)29(34)33-19-17-31-18-20-33/h12-15,21,23,31H,4-11,16-20H2,1-3H3. The van der Waals surface area contributed by atoms with E-state index < -0.39 is 12.4 Å². The number of amides is 1. The summed E-state index contributed by atoms with van der Waals surface area (Å²) in [6.45, 7) is 9.00. The predicted molar refractivity (Wildman–Crippen MR) is 156 cm³/mol. The van der Waals surface area contributed by atoms with E-state index in [1.54, 1.807) is 23.2 Å². The third kappa shape index (κ3) is 7.82. The van der Waals surface area contributed by atoms with Crippen LogP contribution in [0.1, 0.15) is 76.5 Å². The van der Waals surface area contributed by atoms with Crippen LogP contribution in [0.25, 0.3) is 5.82 Å². The van der Waals surface area contributed by atoms with Crippen LogP contribution in [0.15, 0.2) is 35.3 Å². The molecule has 0 aliphatic carbocycles. The van der Waals surface area contributed by atoms with Crippen LogP contribution < -0.4 is 20.1 Å². The maximum absolute atomic E-state index is 13.8. The number of hydrogen-bond acceptors (Lipinski definition) is 8. The van der Waals surface area contributed by atoms with Crippen LogP contribution >= 0.6 is 11.3 Å². The zero-order valence-corrected chi connectivity index (χ0v) is 24.4. The molecule has 212 valence electrons. The van der Waals surface area contributed by atoms with E-state index in [4.69, 9.17) is 14.5 Å². The number of nitrogens with one attached hydrogen (secondary N) is 1. The van der Waals surface area contributed by atoms with Gasteiger partial charge in [-0.15, -0.1) is 11.3 Å². The highest BCUT2D eigenvalue weighted by Crippen LogP contribution is 2.34. The zero-order chi connectivity index (χ0) is 27.6. The second-order valence-corrected chi connectivity index (χ2v) is 11.5. The first-order chi connectivity index (χ1) is 19.0. The van der Waals surface area contributed by atoms with Gasteiger partial charge in [0.15, 0.2) is 0 Å². The lowest BCUT2D eigenvalue weighted by Crippen LogP contribution is -2.51. The van der Waals surface area contributed by atoms with Crippen molar-refractivity contribution in [3.63, 3.8) is 0 Å². The Bertz CT molecular complexity index is 1240. The van der Waals surface area contributed by atoms with Gasteiger partial charge in [0.05, 0.1) is 16.6 Å². The molecule has 0 radical (unpaired) electrons. The number of benzene rings is 1. The molecule has 0 spiro atoms. The average molecular weight is 555 g/mol. The van der Waals surface area contributed by atoms with E-state index in [1.165, 1.54) is 32.1 Å². The van der Waals surface area contributed by atoms with Gasteiger partial charge in [-0.25, -0.2) is 14.7 Å². The monoisotopic (exact) mass is 554 g/mol. The van der Waals surface area contributed by atoms with E-state index in [0.29, 0.717) is 17.8 Å². The minimum atomic E-state index is -1.00. The zero-order valence-electron chi connectivity index (χ0n) is 23.5. The quantitative estimate of drug-likeness (QED) is 0.216. The van der Waals surface area contributed by atoms with Crippen LogP contribution in [0.5, 0.6) is 0 Å². The number of fused-ring (bicyclic) bond motifs is 2. The smallest absolute Gasteiger partial charge is 0.423 e. The van der Waals surface area contributed by atoms with Crippen molar-refractivity contribution < 1.29 is 19.1 Å². The molecule has 1 aromatic heterocycles. The number of nitrogens with zero attached hydrogens (tertiary/aromatic N) is 3. The Morgan fingerprint density at radius 1 is 1.03 bits per heavy atom. The number of para-hydroxylation sites is 2. The maximum Gasteiger partial charge on any atom is 0.423 e. The number of aryl methyl sites for hydroxylation is 1. The van der Waals surface area contributed by atoms with Crippen molar-refractivity contribution in [1.29, 1.82) is 0 Å². The van der Waals surface area contributed by atoms with Gasteiger partial charge in [-0.1, -0.05) is 64.0 Å². The molecule has 1 aromatic carbocycles. The summed E-state index contributed by atoms with van der Waals surface area (Å²) in [7, 11) is 0. The summed E-state index contributed by atoms with van der Waals surface area (Å²) < 4.78 is 12.1. The maximum atomic E-state index is 13.8. The van der Waals surface area contributed by atoms with Gasteiger partial charge in [-0.3, -0.25) is 4.79 Å². The van der Waals surface area contributed by atoms with Crippen molar-refractivity contribution >= 4 is 40.6 Å². The van der Waals surface area contributed by atoms with Gasteiger partial charge in [0.1, 0.15) is 10.5 Å². The Kier molecular flexibility index (Phi) is 10.8. The molecule has 1 unspecified atom stereocenters. The summed E-state index contributed by atoms with van der Waals surface area (Å²) in [6, 6.07) is 9.67. The number of carbonyl (C=O) groups excluding carboxylic acids is 2. The Hall–Kier alpha value is -2.91. The highest BCUT2D eigenvalue weighted by atomic mass is 32.1. The molecule has 0 saturated carbocycles. The van der Waals surface area contributed by atoms with Crippen molar-refractivity contribution in [1.82, 2.24) is 10.2 Å². The van der Waals surface area contributed by atoms with Crippen LogP contribution in [0.3, 0.4) is 0 Å². The van der Waals surface area contributed by atoms with Crippen LogP contribution in [0.2, 0.25) is 0 Å². The number of rotatable bonds is 12. The van der Waals surface area contributed by atoms with Crippen LogP contribution in [0.4, 0.5) is 16.2 Å². The third-order valence-electron chi connectivity index (χ3n) is 7.03. The van der Waals surface area contributed by atoms with E-state index in [2.05, 4.69) is 23.2 Å². The number of carbonyl (C=O) groups is 2. The molecule has 2 aromatic rings. The lowest BCUT2D eigenvalue weighted by Gasteiger charge is -2.36. The summed E-state index contributed by atoms with van der Waals surface area (Å²) in [5.41, 5.74) is 1.34. The third-order valence-corrected chi connectivity index (χ3v) is 7.98. The average Bonchev–Trinajstić information content (AvgIpc) is 3.22. The molecule has 4 rings (SSSR count). The van der Waals surface area contributed by atoms with Crippen molar-refractivity contribution in [3.05, 3.63) is 45.1 Å². The Morgan fingerprint density at radius 2 is 1.72 bits per heavy atom. The predicted octanol–water partition coefficient (Wildman–Crippen LogP) is 5.36. The minimum absolute atomic E-state index is 0.331. The van der Waals surface area contributed by atoms with E-state index in [9.17, 15) is 9.59 Å². The van der Waals surface area contributed by atoms with E-state index in [-0.39, 0.29) is 5.97 Å². The molecule has 39 heavy (non-hydrogen) atoms. The van der Waals surface area contributed by atoms with Crippen molar-refractivity contribution in [2.45, 2.75) is 84.8 Å². The molecule has 0 bridgehead atoms. The highest BCUT2D eigenvalue weighted by molar-refractivity contribution is 7.09. The molecule has 9 heteroatoms. The lowest BCUT2D eigenvalue weighted by atomic mass is 10.1.